The van der Waals surface area contributed by atoms with Crippen LogP contribution in [0.15, 0.2) is 30.5 Å². The third-order valence-corrected chi connectivity index (χ3v) is 6.23. The van der Waals surface area contributed by atoms with Gasteiger partial charge in [-0.2, -0.15) is 23.0 Å². The maximum absolute atomic E-state index is 13.8. The number of alkyl halides is 3. The van der Waals surface area contributed by atoms with Crippen LogP contribution in [0.3, 0.4) is 0 Å². The summed E-state index contributed by atoms with van der Waals surface area (Å²) < 4.78 is 42.4. The van der Waals surface area contributed by atoms with Crippen molar-refractivity contribution < 1.29 is 27.9 Å². The number of hydrogen-bond donors (Lipinski definition) is 1. The Bertz CT molecular complexity index is 1030. The summed E-state index contributed by atoms with van der Waals surface area (Å²) in [5.74, 6) is -1.23. The Labute approximate surface area is 189 Å². The molecule has 2 aliphatic heterocycles. The van der Waals surface area contributed by atoms with Crippen molar-refractivity contribution in [3.8, 4) is 0 Å². The minimum absolute atomic E-state index is 0.131. The molecule has 2 saturated heterocycles. The van der Waals surface area contributed by atoms with Gasteiger partial charge in [-0.15, -0.1) is 0 Å². The molecular formula is C22H26F3N5O3. The van der Waals surface area contributed by atoms with E-state index < -0.39 is 23.7 Å². The molecule has 2 fully saturated rings. The molecule has 33 heavy (non-hydrogen) atoms. The van der Waals surface area contributed by atoms with E-state index in [-0.39, 0.29) is 23.8 Å². The molecule has 11 heteroatoms. The number of hydrogen-bond acceptors (Lipinski definition) is 5. The quantitative estimate of drug-likeness (QED) is 0.746. The van der Waals surface area contributed by atoms with E-state index in [4.69, 9.17) is 5.11 Å². The van der Waals surface area contributed by atoms with Crippen LogP contribution in [0.1, 0.15) is 41.4 Å². The van der Waals surface area contributed by atoms with E-state index in [0.29, 0.717) is 25.3 Å². The van der Waals surface area contributed by atoms with Crippen molar-refractivity contribution in [1.82, 2.24) is 19.6 Å². The summed E-state index contributed by atoms with van der Waals surface area (Å²) in [7, 11) is 0. The van der Waals surface area contributed by atoms with Gasteiger partial charge in [0.2, 0.25) is 0 Å². The number of carboxylic acid groups (broad SMARTS) is 1. The third-order valence-electron chi connectivity index (χ3n) is 6.23. The number of nitrogens with zero attached hydrogens (tertiary/aromatic N) is 5. The van der Waals surface area contributed by atoms with Crippen LogP contribution in [0.4, 0.5) is 23.7 Å². The fourth-order valence-corrected chi connectivity index (χ4v) is 4.52. The van der Waals surface area contributed by atoms with Crippen molar-refractivity contribution in [2.45, 2.75) is 38.5 Å². The predicted molar refractivity (Wildman–Crippen MR) is 114 cm³/mol. The maximum Gasteiger partial charge on any atom is 0.416 e. The lowest BCUT2D eigenvalue weighted by atomic mass is 10.0. The van der Waals surface area contributed by atoms with Gasteiger partial charge in [-0.3, -0.25) is 4.90 Å². The zero-order valence-corrected chi connectivity index (χ0v) is 18.3. The monoisotopic (exact) mass is 465 g/mol. The number of halogens is 3. The van der Waals surface area contributed by atoms with Gasteiger partial charge in [0.05, 0.1) is 5.56 Å². The lowest BCUT2D eigenvalue weighted by molar-refractivity contribution is -0.138. The van der Waals surface area contributed by atoms with Crippen LogP contribution < -0.4 is 4.90 Å². The molecule has 1 amide bonds. The van der Waals surface area contributed by atoms with E-state index >= 15 is 0 Å². The summed E-state index contributed by atoms with van der Waals surface area (Å²) in [5, 5.41) is 12.8. The lowest BCUT2D eigenvalue weighted by Gasteiger charge is -2.39. The van der Waals surface area contributed by atoms with E-state index in [1.54, 1.807) is 17.0 Å². The van der Waals surface area contributed by atoms with Crippen LogP contribution in [0.2, 0.25) is 0 Å². The molecule has 1 N–H and O–H groups in total. The Hall–Kier alpha value is -3.08. The number of carboxylic acids is 1. The minimum atomic E-state index is -4.45. The number of aromatic carboxylic acids is 1. The van der Waals surface area contributed by atoms with Crippen LogP contribution in [0.5, 0.6) is 0 Å². The molecule has 8 nitrogen and oxygen atoms in total. The van der Waals surface area contributed by atoms with Gasteiger partial charge >= 0.3 is 18.2 Å². The van der Waals surface area contributed by atoms with Gasteiger partial charge in [0.15, 0.2) is 5.69 Å². The van der Waals surface area contributed by atoms with E-state index in [1.165, 1.54) is 18.3 Å². The van der Waals surface area contributed by atoms with Gasteiger partial charge < -0.3 is 14.9 Å². The molecule has 178 valence electrons. The van der Waals surface area contributed by atoms with Crippen LogP contribution in [-0.2, 0) is 12.7 Å². The summed E-state index contributed by atoms with van der Waals surface area (Å²) >= 11 is 0. The van der Waals surface area contributed by atoms with Gasteiger partial charge in [-0.05, 0) is 43.5 Å². The zero-order valence-electron chi connectivity index (χ0n) is 18.3. The van der Waals surface area contributed by atoms with Crippen molar-refractivity contribution in [3.05, 3.63) is 47.3 Å². The Kier molecular flexibility index (Phi) is 6.33. The summed E-state index contributed by atoms with van der Waals surface area (Å²) in [6.07, 6.45) is -1.18. The predicted octanol–water partition coefficient (Wildman–Crippen LogP) is 3.37. The number of piperazine rings is 1. The van der Waals surface area contributed by atoms with E-state index in [9.17, 15) is 22.8 Å². The normalized spacial score (nSPS) is 19.8. The first-order chi connectivity index (χ1) is 15.6. The van der Waals surface area contributed by atoms with Crippen molar-refractivity contribution in [2.24, 2.45) is 0 Å². The Balaban J connectivity index is 1.45. The molecule has 4 rings (SSSR count). The maximum atomic E-state index is 13.8. The molecule has 0 saturated carbocycles. The molecule has 0 unspecified atom stereocenters. The molecule has 3 heterocycles. The lowest BCUT2D eigenvalue weighted by Crippen LogP contribution is -2.54. The second kappa shape index (κ2) is 9.05. The molecule has 2 aliphatic rings. The minimum Gasteiger partial charge on any atom is -0.476 e. The number of amides is 1. The van der Waals surface area contributed by atoms with Gasteiger partial charge in [0, 0.05) is 57.2 Å². The molecule has 0 radical (unpaired) electrons. The van der Waals surface area contributed by atoms with Gasteiger partial charge in [-0.25, -0.2) is 9.59 Å². The third kappa shape index (κ3) is 4.97. The fourth-order valence-electron chi connectivity index (χ4n) is 4.52. The molecular weight excluding hydrogens is 439 g/mol. The highest BCUT2D eigenvalue weighted by Crippen LogP contribution is 2.36. The molecule has 1 aromatic heterocycles. The van der Waals surface area contributed by atoms with Crippen molar-refractivity contribution in [1.29, 1.82) is 0 Å². The van der Waals surface area contributed by atoms with E-state index in [1.807, 2.05) is 16.7 Å². The van der Waals surface area contributed by atoms with Crippen LogP contribution >= 0.6 is 0 Å². The first kappa shape index (κ1) is 23.1. The second-order valence-electron chi connectivity index (χ2n) is 8.54. The van der Waals surface area contributed by atoms with Crippen LogP contribution in [-0.4, -0.2) is 75.5 Å². The average molecular weight is 465 g/mol. The van der Waals surface area contributed by atoms with Crippen LogP contribution in [0, 0.1) is 0 Å². The highest BCUT2D eigenvalue weighted by molar-refractivity contribution is 5.86. The summed E-state index contributed by atoms with van der Waals surface area (Å²) in [6, 6.07) is 5.09. The Morgan fingerprint density at radius 3 is 2.45 bits per heavy atom. The summed E-state index contributed by atoms with van der Waals surface area (Å²) in [4.78, 5) is 29.2. The largest absolute Gasteiger partial charge is 0.476 e. The number of anilines is 1. The molecule has 2 aromatic rings. The first-order valence-corrected chi connectivity index (χ1v) is 10.9. The number of carbonyl (C=O) groups excluding carboxylic acids is 1. The van der Waals surface area contributed by atoms with E-state index in [0.717, 1.165) is 30.6 Å². The molecule has 0 bridgehead atoms. The van der Waals surface area contributed by atoms with Crippen LogP contribution in [0.25, 0.3) is 0 Å². The van der Waals surface area contributed by atoms with E-state index in [2.05, 4.69) is 5.10 Å². The highest BCUT2D eigenvalue weighted by Gasteiger charge is 2.36. The molecule has 0 spiro atoms. The van der Waals surface area contributed by atoms with Crippen molar-refractivity contribution in [3.63, 3.8) is 0 Å². The molecule has 0 aliphatic carbocycles. The van der Waals surface area contributed by atoms with Gasteiger partial charge in [0.25, 0.3) is 0 Å². The zero-order chi connectivity index (χ0) is 23.8. The molecule has 1 atom stereocenters. The first-order valence-electron chi connectivity index (χ1n) is 10.9. The highest BCUT2D eigenvalue weighted by atomic mass is 19.4. The number of aromatic nitrogens is 2. The fraction of sp³-hybridized carbons (Fsp3) is 0.500. The smallest absolute Gasteiger partial charge is 0.416 e. The topological polar surface area (TPSA) is 81.9 Å². The molecule has 1 aromatic carbocycles. The number of benzene rings is 1. The number of rotatable bonds is 4. The standard InChI is InChI=1S/C22H26F3N5O3/c1-15-13-27(10-11-29(15)21(33)30-9-6-19(26-30)20(31)32)14-16-4-5-17(28-7-2-3-8-28)12-18(16)22(23,24)25/h4-6,9,12,15H,2-3,7-8,10-11,13-14H2,1H3,(H,31,32)/t15-/m0/s1. The van der Waals surface area contributed by atoms with Gasteiger partial charge in [-0.1, -0.05) is 6.07 Å². The van der Waals surface area contributed by atoms with Crippen molar-refractivity contribution >= 4 is 17.7 Å². The number of carbonyl (C=O) groups is 2. The average Bonchev–Trinajstić information content (AvgIpc) is 3.45. The summed E-state index contributed by atoms with van der Waals surface area (Å²) in [6.45, 7) is 4.58. The Morgan fingerprint density at radius 2 is 1.85 bits per heavy atom. The Morgan fingerprint density at radius 1 is 1.12 bits per heavy atom. The second-order valence-corrected chi connectivity index (χ2v) is 8.54. The summed E-state index contributed by atoms with van der Waals surface area (Å²) in [5.41, 5.74) is -0.0228. The van der Waals surface area contributed by atoms with Gasteiger partial charge in [0.1, 0.15) is 0 Å². The van der Waals surface area contributed by atoms with Crippen molar-refractivity contribution in [2.75, 3.05) is 37.6 Å². The SMILES string of the molecule is C[C@H]1CN(Cc2ccc(N3CCCC3)cc2C(F)(F)F)CCN1C(=O)n1ccc(C(=O)O)n1.